The maximum absolute atomic E-state index is 5.11. The Balaban J connectivity index is 2.19. The Morgan fingerprint density at radius 2 is 2.07 bits per heavy atom. The van der Waals surface area contributed by atoms with Gasteiger partial charge in [0.15, 0.2) is 5.11 Å². The average molecular weight is 223 g/mol. The molecule has 1 aromatic rings. The van der Waals surface area contributed by atoms with E-state index in [0.717, 1.165) is 18.1 Å². The van der Waals surface area contributed by atoms with Crippen LogP contribution in [-0.4, -0.2) is 22.7 Å². The van der Waals surface area contributed by atoms with E-state index in [4.69, 9.17) is 12.2 Å². The van der Waals surface area contributed by atoms with Crippen molar-refractivity contribution in [3.63, 3.8) is 0 Å². The van der Waals surface area contributed by atoms with Gasteiger partial charge in [0.1, 0.15) is 0 Å². The normalized spacial score (nSPS) is 10.1. The minimum Gasteiger partial charge on any atom is -0.362 e. The van der Waals surface area contributed by atoms with E-state index >= 15 is 0 Å². The molecular formula is C11H17N3S. The third-order valence-electron chi connectivity index (χ3n) is 1.87. The van der Waals surface area contributed by atoms with E-state index < -0.39 is 0 Å². The van der Waals surface area contributed by atoms with Crippen molar-refractivity contribution in [1.29, 1.82) is 0 Å². The van der Waals surface area contributed by atoms with Crippen LogP contribution in [0, 0.1) is 0 Å². The molecular weight excluding hydrogens is 206 g/mol. The number of aromatic nitrogens is 1. The van der Waals surface area contributed by atoms with Gasteiger partial charge in [0.2, 0.25) is 0 Å². The number of hydrogen-bond donors (Lipinski definition) is 2. The highest BCUT2D eigenvalue weighted by atomic mass is 32.1. The van der Waals surface area contributed by atoms with E-state index in [1.54, 1.807) is 12.4 Å². The highest BCUT2D eigenvalue weighted by molar-refractivity contribution is 7.80. The summed E-state index contributed by atoms with van der Waals surface area (Å²) in [6.45, 7) is 4.98. The first-order valence-electron chi connectivity index (χ1n) is 5.12. The van der Waals surface area contributed by atoms with Crippen molar-refractivity contribution in [2.75, 3.05) is 6.54 Å². The summed E-state index contributed by atoms with van der Waals surface area (Å²) < 4.78 is 0. The van der Waals surface area contributed by atoms with Crippen LogP contribution < -0.4 is 10.6 Å². The predicted octanol–water partition coefficient (Wildman–Crippen LogP) is 1.50. The molecule has 0 saturated heterocycles. The third-order valence-corrected chi connectivity index (χ3v) is 2.13. The zero-order valence-electron chi connectivity index (χ0n) is 9.16. The van der Waals surface area contributed by atoms with E-state index in [0.29, 0.717) is 6.04 Å². The van der Waals surface area contributed by atoms with Gasteiger partial charge >= 0.3 is 0 Å². The molecule has 0 radical (unpaired) electrons. The average Bonchev–Trinajstić information content (AvgIpc) is 2.18. The van der Waals surface area contributed by atoms with Crippen LogP contribution in [0.5, 0.6) is 0 Å². The van der Waals surface area contributed by atoms with Crippen molar-refractivity contribution < 1.29 is 0 Å². The fourth-order valence-corrected chi connectivity index (χ4v) is 1.52. The Morgan fingerprint density at radius 3 is 2.67 bits per heavy atom. The zero-order chi connectivity index (χ0) is 11.1. The molecule has 82 valence electrons. The van der Waals surface area contributed by atoms with Crippen LogP contribution in [0.2, 0.25) is 0 Å². The molecule has 3 nitrogen and oxygen atoms in total. The molecule has 15 heavy (non-hydrogen) atoms. The second-order valence-corrected chi connectivity index (χ2v) is 4.07. The molecule has 0 bridgehead atoms. The minimum atomic E-state index is 0.380. The fraction of sp³-hybridized carbons (Fsp3) is 0.455. The molecule has 0 aliphatic carbocycles. The smallest absolute Gasteiger partial charge is 0.166 e. The molecule has 1 rings (SSSR count). The lowest BCUT2D eigenvalue weighted by Crippen LogP contribution is -2.40. The van der Waals surface area contributed by atoms with Gasteiger partial charge < -0.3 is 10.6 Å². The van der Waals surface area contributed by atoms with Gasteiger partial charge in [-0.2, -0.15) is 0 Å². The molecule has 0 spiro atoms. The van der Waals surface area contributed by atoms with Gasteiger partial charge in [-0.15, -0.1) is 0 Å². The molecule has 1 heterocycles. The van der Waals surface area contributed by atoms with Gasteiger partial charge in [-0.05, 0) is 50.2 Å². The summed E-state index contributed by atoms with van der Waals surface area (Å²) >= 11 is 5.11. The topological polar surface area (TPSA) is 37.0 Å². The summed E-state index contributed by atoms with van der Waals surface area (Å²) in [7, 11) is 0. The van der Waals surface area contributed by atoms with Crippen LogP contribution in [0.15, 0.2) is 24.5 Å². The van der Waals surface area contributed by atoms with Crippen LogP contribution in [0.3, 0.4) is 0 Å². The maximum Gasteiger partial charge on any atom is 0.166 e. The maximum atomic E-state index is 5.11. The summed E-state index contributed by atoms with van der Waals surface area (Å²) in [5.41, 5.74) is 1.27. The van der Waals surface area contributed by atoms with Crippen LogP contribution in [0.25, 0.3) is 0 Å². The molecule has 0 fully saturated rings. The van der Waals surface area contributed by atoms with Gasteiger partial charge in [0, 0.05) is 25.0 Å². The largest absolute Gasteiger partial charge is 0.362 e. The molecule has 0 aromatic carbocycles. The van der Waals surface area contributed by atoms with E-state index in [1.165, 1.54) is 5.56 Å². The van der Waals surface area contributed by atoms with Crippen molar-refractivity contribution in [3.05, 3.63) is 30.1 Å². The first-order chi connectivity index (χ1) is 7.18. The third kappa shape index (κ3) is 5.32. The van der Waals surface area contributed by atoms with Crippen molar-refractivity contribution in [3.8, 4) is 0 Å². The summed E-state index contributed by atoms with van der Waals surface area (Å²) in [4.78, 5) is 3.97. The molecule has 0 aliphatic rings. The Kier molecular flexibility index (Phi) is 5.04. The predicted molar refractivity (Wildman–Crippen MR) is 66.8 cm³/mol. The Hall–Kier alpha value is -1.16. The van der Waals surface area contributed by atoms with Crippen LogP contribution in [0.4, 0.5) is 0 Å². The van der Waals surface area contributed by atoms with Crippen LogP contribution in [-0.2, 0) is 6.42 Å². The Bertz CT molecular complexity index is 298. The SMILES string of the molecule is CC(C)NC(=S)NCCc1ccncc1. The van der Waals surface area contributed by atoms with E-state index in [2.05, 4.69) is 29.5 Å². The summed E-state index contributed by atoms with van der Waals surface area (Å²) in [5.74, 6) is 0. The van der Waals surface area contributed by atoms with Crippen molar-refractivity contribution in [2.24, 2.45) is 0 Å². The lowest BCUT2D eigenvalue weighted by molar-refractivity contribution is 0.711. The van der Waals surface area contributed by atoms with E-state index in [9.17, 15) is 0 Å². The fourth-order valence-electron chi connectivity index (χ4n) is 1.18. The molecule has 0 atom stereocenters. The standard InChI is InChI=1S/C11H17N3S/c1-9(2)14-11(15)13-8-5-10-3-6-12-7-4-10/h3-4,6-7,9H,5,8H2,1-2H3,(H2,13,14,15). The second kappa shape index (κ2) is 6.35. The number of hydrogen-bond acceptors (Lipinski definition) is 2. The highest BCUT2D eigenvalue weighted by Gasteiger charge is 1.97. The van der Waals surface area contributed by atoms with Crippen molar-refractivity contribution in [1.82, 2.24) is 15.6 Å². The first kappa shape index (κ1) is 11.9. The molecule has 0 unspecified atom stereocenters. The Labute approximate surface area is 96.3 Å². The Morgan fingerprint density at radius 1 is 1.40 bits per heavy atom. The van der Waals surface area contributed by atoms with Crippen LogP contribution >= 0.6 is 12.2 Å². The molecule has 0 saturated carbocycles. The molecule has 2 N–H and O–H groups in total. The highest BCUT2D eigenvalue weighted by Crippen LogP contribution is 1.95. The molecule has 0 aliphatic heterocycles. The van der Waals surface area contributed by atoms with Gasteiger partial charge in [0.05, 0.1) is 0 Å². The van der Waals surface area contributed by atoms with E-state index in [-0.39, 0.29) is 0 Å². The first-order valence-corrected chi connectivity index (χ1v) is 5.52. The van der Waals surface area contributed by atoms with E-state index in [1.807, 2.05) is 12.1 Å². The summed E-state index contributed by atoms with van der Waals surface area (Å²) in [5, 5.41) is 7.02. The zero-order valence-corrected chi connectivity index (χ0v) is 9.97. The van der Waals surface area contributed by atoms with Crippen LogP contribution in [0.1, 0.15) is 19.4 Å². The minimum absolute atomic E-state index is 0.380. The van der Waals surface area contributed by atoms with Crippen molar-refractivity contribution >= 4 is 17.3 Å². The number of nitrogens with one attached hydrogen (secondary N) is 2. The lowest BCUT2D eigenvalue weighted by atomic mass is 10.2. The lowest BCUT2D eigenvalue weighted by Gasteiger charge is -2.12. The number of pyridine rings is 1. The molecule has 4 heteroatoms. The molecule has 0 amide bonds. The van der Waals surface area contributed by atoms with Gasteiger partial charge in [-0.3, -0.25) is 4.98 Å². The summed E-state index contributed by atoms with van der Waals surface area (Å²) in [6.07, 6.45) is 4.57. The summed E-state index contributed by atoms with van der Waals surface area (Å²) in [6, 6.07) is 4.41. The number of thiocarbonyl (C=S) groups is 1. The number of rotatable bonds is 4. The monoisotopic (exact) mass is 223 g/mol. The van der Waals surface area contributed by atoms with Crippen molar-refractivity contribution in [2.45, 2.75) is 26.3 Å². The van der Waals surface area contributed by atoms with Gasteiger partial charge in [0.25, 0.3) is 0 Å². The van der Waals surface area contributed by atoms with Gasteiger partial charge in [-0.25, -0.2) is 0 Å². The quantitative estimate of drug-likeness (QED) is 0.759. The van der Waals surface area contributed by atoms with Gasteiger partial charge in [-0.1, -0.05) is 0 Å². The number of nitrogens with zero attached hydrogens (tertiary/aromatic N) is 1. The second-order valence-electron chi connectivity index (χ2n) is 3.66. The molecule has 1 aromatic heterocycles.